The standard InChI is InChI=1S/C18H16FN3OS/c1-2-23-16-9-5-14(6-10-16)17-12-24-18(21-17)22-20-11-13-3-7-15(19)8-4-13/h3-12H,2H2,1H3,(H,21,22)/b20-11-. The van der Waals surface area contributed by atoms with Crippen LogP contribution in [0.3, 0.4) is 0 Å². The monoisotopic (exact) mass is 341 g/mol. The summed E-state index contributed by atoms with van der Waals surface area (Å²) in [4.78, 5) is 4.49. The summed E-state index contributed by atoms with van der Waals surface area (Å²) in [7, 11) is 0. The first-order chi connectivity index (χ1) is 11.7. The summed E-state index contributed by atoms with van der Waals surface area (Å²) >= 11 is 1.47. The normalized spacial score (nSPS) is 10.9. The zero-order valence-corrected chi connectivity index (χ0v) is 13.9. The van der Waals surface area contributed by atoms with Crippen molar-refractivity contribution >= 4 is 22.7 Å². The third-order valence-corrected chi connectivity index (χ3v) is 3.96. The zero-order chi connectivity index (χ0) is 16.8. The van der Waals surface area contributed by atoms with Crippen LogP contribution in [0.5, 0.6) is 5.75 Å². The fourth-order valence-corrected chi connectivity index (χ4v) is 2.73. The van der Waals surface area contributed by atoms with Crippen LogP contribution >= 0.6 is 11.3 Å². The van der Waals surface area contributed by atoms with Gasteiger partial charge in [-0.25, -0.2) is 9.37 Å². The second kappa shape index (κ2) is 7.70. The Labute approximate surface area is 143 Å². The van der Waals surface area contributed by atoms with Gasteiger partial charge in [0.1, 0.15) is 11.6 Å². The Bertz CT molecular complexity index is 813. The van der Waals surface area contributed by atoms with E-state index < -0.39 is 0 Å². The molecule has 0 bridgehead atoms. The van der Waals surface area contributed by atoms with Crippen molar-refractivity contribution in [1.29, 1.82) is 0 Å². The lowest BCUT2D eigenvalue weighted by Crippen LogP contribution is -1.91. The van der Waals surface area contributed by atoms with Gasteiger partial charge >= 0.3 is 0 Å². The molecule has 122 valence electrons. The Morgan fingerprint density at radius 3 is 2.62 bits per heavy atom. The molecule has 6 heteroatoms. The van der Waals surface area contributed by atoms with Crippen molar-refractivity contribution in [1.82, 2.24) is 4.98 Å². The largest absolute Gasteiger partial charge is 0.494 e. The Morgan fingerprint density at radius 2 is 1.92 bits per heavy atom. The minimum atomic E-state index is -0.264. The van der Waals surface area contributed by atoms with Crippen molar-refractivity contribution in [3.05, 3.63) is 65.3 Å². The SMILES string of the molecule is CCOc1ccc(-c2csc(N/N=C\c3ccc(F)cc3)n2)cc1. The summed E-state index contributed by atoms with van der Waals surface area (Å²) in [5, 5.41) is 6.77. The minimum absolute atomic E-state index is 0.264. The molecule has 0 unspecified atom stereocenters. The van der Waals surface area contributed by atoms with E-state index in [1.807, 2.05) is 36.6 Å². The molecule has 0 amide bonds. The molecular formula is C18H16FN3OS. The van der Waals surface area contributed by atoms with E-state index in [9.17, 15) is 4.39 Å². The van der Waals surface area contributed by atoms with Crippen LogP contribution in [0.1, 0.15) is 12.5 Å². The van der Waals surface area contributed by atoms with Gasteiger partial charge in [0.2, 0.25) is 5.13 Å². The molecule has 0 atom stereocenters. The van der Waals surface area contributed by atoms with Crippen LogP contribution in [-0.4, -0.2) is 17.8 Å². The van der Waals surface area contributed by atoms with E-state index in [0.717, 1.165) is 22.6 Å². The molecule has 0 aliphatic heterocycles. The van der Waals surface area contributed by atoms with Crippen molar-refractivity contribution in [2.75, 3.05) is 12.0 Å². The fourth-order valence-electron chi connectivity index (χ4n) is 2.06. The molecule has 0 aliphatic carbocycles. The number of hydrogen-bond donors (Lipinski definition) is 1. The zero-order valence-electron chi connectivity index (χ0n) is 13.1. The number of nitrogens with zero attached hydrogens (tertiary/aromatic N) is 2. The molecule has 0 saturated heterocycles. The number of hydrogen-bond acceptors (Lipinski definition) is 5. The van der Waals surface area contributed by atoms with Gasteiger partial charge in [0, 0.05) is 10.9 Å². The highest BCUT2D eigenvalue weighted by molar-refractivity contribution is 7.14. The lowest BCUT2D eigenvalue weighted by Gasteiger charge is -2.03. The van der Waals surface area contributed by atoms with Crippen LogP contribution in [0.15, 0.2) is 59.0 Å². The number of anilines is 1. The third kappa shape index (κ3) is 4.17. The van der Waals surface area contributed by atoms with Gasteiger partial charge in [0.05, 0.1) is 18.5 Å². The van der Waals surface area contributed by atoms with Gasteiger partial charge < -0.3 is 4.74 Å². The molecule has 0 radical (unpaired) electrons. The Kier molecular flexibility index (Phi) is 5.18. The van der Waals surface area contributed by atoms with Crippen LogP contribution in [0.4, 0.5) is 9.52 Å². The molecule has 0 spiro atoms. The Morgan fingerprint density at radius 1 is 1.17 bits per heavy atom. The van der Waals surface area contributed by atoms with Gasteiger partial charge in [0.25, 0.3) is 0 Å². The van der Waals surface area contributed by atoms with E-state index >= 15 is 0 Å². The van der Waals surface area contributed by atoms with Gasteiger partial charge in [-0.2, -0.15) is 5.10 Å². The molecule has 0 aliphatic rings. The lowest BCUT2D eigenvalue weighted by molar-refractivity contribution is 0.340. The average molecular weight is 341 g/mol. The van der Waals surface area contributed by atoms with Gasteiger partial charge in [-0.1, -0.05) is 12.1 Å². The first kappa shape index (κ1) is 16.1. The highest BCUT2D eigenvalue weighted by atomic mass is 32.1. The number of halogens is 1. The van der Waals surface area contributed by atoms with Crippen molar-refractivity contribution in [3.8, 4) is 17.0 Å². The quantitative estimate of drug-likeness (QED) is 0.518. The van der Waals surface area contributed by atoms with Crippen molar-refractivity contribution in [3.63, 3.8) is 0 Å². The van der Waals surface area contributed by atoms with Crippen molar-refractivity contribution < 1.29 is 9.13 Å². The highest BCUT2D eigenvalue weighted by Crippen LogP contribution is 2.26. The smallest absolute Gasteiger partial charge is 0.203 e. The summed E-state index contributed by atoms with van der Waals surface area (Å²) in [5.41, 5.74) is 5.60. The van der Waals surface area contributed by atoms with Crippen LogP contribution in [-0.2, 0) is 0 Å². The van der Waals surface area contributed by atoms with E-state index in [2.05, 4.69) is 15.5 Å². The topological polar surface area (TPSA) is 46.5 Å². The maximum atomic E-state index is 12.8. The summed E-state index contributed by atoms with van der Waals surface area (Å²) in [6, 6.07) is 13.9. The third-order valence-electron chi connectivity index (χ3n) is 3.21. The van der Waals surface area contributed by atoms with Gasteiger partial charge in [-0.15, -0.1) is 11.3 Å². The summed E-state index contributed by atoms with van der Waals surface area (Å²) in [6.07, 6.45) is 1.62. The molecule has 1 aromatic heterocycles. The van der Waals surface area contributed by atoms with Crippen LogP contribution in [0, 0.1) is 5.82 Å². The number of nitrogens with one attached hydrogen (secondary N) is 1. The molecular weight excluding hydrogens is 325 g/mol. The van der Waals surface area contributed by atoms with Gasteiger partial charge in [-0.3, -0.25) is 5.43 Å². The Balaban J connectivity index is 1.63. The average Bonchev–Trinajstić information content (AvgIpc) is 3.07. The molecule has 1 N–H and O–H groups in total. The maximum Gasteiger partial charge on any atom is 0.203 e. The van der Waals surface area contributed by atoms with Crippen LogP contribution < -0.4 is 10.2 Å². The van der Waals surface area contributed by atoms with Gasteiger partial charge in [0.15, 0.2) is 0 Å². The molecule has 1 heterocycles. The van der Waals surface area contributed by atoms with Crippen LogP contribution in [0.2, 0.25) is 0 Å². The maximum absolute atomic E-state index is 12.8. The van der Waals surface area contributed by atoms with Gasteiger partial charge in [-0.05, 0) is 48.9 Å². The Hall–Kier alpha value is -2.73. The van der Waals surface area contributed by atoms with E-state index in [-0.39, 0.29) is 5.82 Å². The first-order valence-corrected chi connectivity index (χ1v) is 8.36. The van der Waals surface area contributed by atoms with E-state index in [4.69, 9.17) is 4.74 Å². The second-order valence-corrected chi connectivity index (χ2v) is 5.77. The number of benzene rings is 2. The molecule has 2 aromatic carbocycles. The van der Waals surface area contributed by atoms with E-state index in [1.165, 1.54) is 23.5 Å². The number of ether oxygens (including phenoxy) is 1. The fraction of sp³-hybridized carbons (Fsp3) is 0.111. The highest BCUT2D eigenvalue weighted by Gasteiger charge is 2.04. The van der Waals surface area contributed by atoms with Crippen molar-refractivity contribution in [2.24, 2.45) is 5.10 Å². The molecule has 4 nitrogen and oxygen atoms in total. The number of thiazole rings is 1. The summed E-state index contributed by atoms with van der Waals surface area (Å²) in [6.45, 7) is 2.61. The molecule has 0 fully saturated rings. The summed E-state index contributed by atoms with van der Waals surface area (Å²) < 4.78 is 18.3. The molecule has 0 saturated carbocycles. The molecule has 3 rings (SSSR count). The first-order valence-electron chi connectivity index (χ1n) is 7.48. The van der Waals surface area contributed by atoms with E-state index in [1.54, 1.807) is 18.3 Å². The predicted molar refractivity (Wildman–Crippen MR) is 96.3 cm³/mol. The molecule has 3 aromatic rings. The van der Waals surface area contributed by atoms with E-state index in [0.29, 0.717) is 11.7 Å². The minimum Gasteiger partial charge on any atom is -0.494 e. The second-order valence-electron chi connectivity index (χ2n) is 4.92. The number of rotatable bonds is 6. The van der Waals surface area contributed by atoms with Crippen LogP contribution in [0.25, 0.3) is 11.3 Å². The number of hydrazone groups is 1. The predicted octanol–water partition coefficient (Wildman–Crippen LogP) is 4.79. The van der Waals surface area contributed by atoms with Crippen molar-refractivity contribution in [2.45, 2.75) is 6.92 Å². The molecule has 24 heavy (non-hydrogen) atoms. The lowest BCUT2D eigenvalue weighted by atomic mass is 10.2. The number of aromatic nitrogens is 1. The summed E-state index contributed by atoms with van der Waals surface area (Å²) in [5.74, 6) is 0.582.